The number of hydrogen-bond acceptors (Lipinski definition) is 2. The van der Waals surface area contributed by atoms with Crippen molar-refractivity contribution in [2.75, 3.05) is 7.05 Å². The smallest absolute Gasteiger partial charge is 0.222 e. The maximum absolute atomic E-state index is 12.4. The quantitative estimate of drug-likeness (QED) is 0.644. The molecule has 5 rings (SSSR count). The molecule has 0 spiro atoms. The molecule has 5 aliphatic rings. The summed E-state index contributed by atoms with van der Waals surface area (Å²) in [5.41, 5.74) is 0.728. The van der Waals surface area contributed by atoms with Gasteiger partial charge in [-0.15, -0.1) is 0 Å². The summed E-state index contributed by atoms with van der Waals surface area (Å²) in [4.78, 5) is 14.5. The maximum Gasteiger partial charge on any atom is 0.222 e. The number of carbonyl (C=O) groups is 1. The van der Waals surface area contributed by atoms with Crippen LogP contribution in [0.25, 0.3) is 0 Å². The Bertz CT molecular complexity index is 630. The van der Waals surface area contributed by atoms with Gasteiger partial charge >= 0.3 is 0 Å². The lowest BCUT2D eigenvalue weighted by Crippen LogP contribution is -2.61. The van der Waals surface area contributed by atoms with Gasteiger partial charge in [0, 0.05) is 19.5 Å². The number of carbonyl (C=O) groups excluding carboxylic acids is 1. The monoisotopic (exact) mass is 387 g/mol. The van der Waals surface area contributed by atoms with Gasteiger partial charge in [-0.05, 0) is 92.3 Å². The molecule has 5 fully saturated rings. The lowest BCUT2D eigenvalue weighted by molar-refractivity contribution is -0.163. The van der Waals surface area contributed by atoms with Gasteiger partial charge in [0.05, 0.1) is 12.2 Å². The van der Waals surface area contributed by atoms with Crippen molar-refractivity contribution < 1.29 is 9.53 Å². The first kappa shape index (κ1) is 19.4. The number of nitrogens with zero attached hydrogens (tertiary/aromatic N) is 1. The summed E-state index contributed by atoms with van der Waals surface area (Å²) in [6.07, 6.45) is 14.8. The van der Waals surface area contributed by atoms with Crippen LogP contribution in [0.1, 0.15) is 91.4 Å². The predicted octanol–water partition coefficient (Wildman–Crippen LogP) is 5.42. The van der Waals surface area contributed by atoms with E-state index in [4.69, 9.17) is 4.74 Å². The highest BCUT2D eigenvalue weighted by atomic mass is 16.5. The third-order valence-corrected chi connectivity index (χ3v) is 10.2. The van der Waals surface area contributed by atoms with Crippen molar-refractivity contribution in [2.45, 2.75) is 110 Å². The summed E-state index contributed by atoms with van der Waals surface area (Å²) in [6, 6.07) is 0.478. The molecule has 1 heterocycles. The van der Waals surface area contributed by atoms with Crippen LogP contribution in [0.5, 0.6) is 0 Å². The van der Waals surface area contributed by atoms with Crippen LogP contribution < -0.4 is 0 Å². The first-order valence-electron chi connectivity index (χ1n) is 12.3. The Morgan fingerprint density at radius 1 is 1.04 bits per heavy atom. The van der Waals surface area contributed by atoms with Gasteiger partial charge in [-0.1, -0.05) is 27.2 Å². The molecule has 0 aromatic heterocycles. The topological polar surface area (TPSA) is 29.5 Å². The van der Waals surface area contributed by atoms with Crippen LogP contribution in [0.4, 0.5) is 0 Å². The van der Waals surface area contributed by atoms with Crippen molar-refractivity contribution in [1.82, 2.24) is 4.90 Å². The van der Waals surface area contributed by atoms with Gasteiger partial charge < -0.3 is 9.64 Å². The summed E-state index contributed by atoms with van der Waals surface area (Å²) in [5, 5.41) is 0. The predicted molar refractivity (Wildman–Crippen MR) is 112 cm³/mol. The number of piperidine rings is 1. The van der Waals surface area contributed by atoms with Gasteiger partial charge in [-0.25, -0.2) is 0 Å². The van der Waals surface area contributed by atoms with Gasteiger partial charge in [-0.2, -0.15) is 0 Å². The van der Waals surface area contributed by atoms with Crippen molar-refractivity contribution in [3.05, 3.63) is 0 Å². The van der Waals surface area contributed by atoms with E-state index in [9.17, 15) is 4.79 Å². The van der Waals surface area contributed by atoms with Gasteiger partial charge in [0.25, 0.3) is 0 Å². The fourth-order valence-corrected chi connectivity index (χ4v) is 8.60. The van der Waals surface area contributed by atoms with Gasteiger partial charge in [0.15, 0.2) is 0 Å². The molecule has 0 bridgehead atoms. The Morgan fingerprint density at radius 2 is 1.82 bits per heavy atom. The molecule has 0 aromatic carbocycles. The van der Waals surface area contributed by atoms with Crippen molar-refractivity contribution in [2.24, 2.45) is 34.5 Å². The van der Waals surface area contributed by atoms with Crippen LogP contribution in [-0.4, -0.2) is 36.1 Å². The molecule has 8 atom stereocenters. The van der Waals surface area contributed by atoms with E-state index < -0.39 is 0 Å². The molecule has 1 saturated heterocycles. The molecule has 4 aliphatic carbocycles. The second-order valence-corrected chi connectivity index (χ2v) is 11.6. The average molecular weight is 388 g/mol. The lowest BCUT2D eigenvalue weighted by Gasteiger charge is -2.61. The molecular formula is C25H41NO2. The zero-order valence-corrected chi connectivity index (χ0v) is 18.6. The van der Waals surface area contributed by atoms with Gasteiger partial charge in [0.2, 0.25) is 5.91 Å². The number of ether oxygens (including phenoxy) is 1. The Hall–Kier alpha value is -0.570. The van der Waals surface area contributed by atoms with E-state index >= 15 is 0 Å². The molecule has 0 N–H and O–H groups in total. The fourth-order valence-electron chi connectivity index (χ4n) is 8.60. The highest BCUT2D eigenvalue weighted by Gasteiger charge is 2.63. The van der Waals surface area contributed by atoms with Crippen molar-refractivity contribution >= 4 is 5.91 Å². The first-order chi connectivity index (χ1) is 13.4. The van der Waals surface area contributed by atoms with Crippen molar-refractivity contribution in [3.63, 3.8) is 0 Å². The standard InChI is InChI=1S/C25H41NO2/c1-5-6-16-15-20-18-9-10-21-24(2,14-12-22(27)26(21)4)19(18)11-13-25(20,3)23(16)28-17-7-8-17/h16-21,23H,5-15H2,1-4H3/t16-,18?,19?,20?,21?,23?,24+,25-/m0/s1. The molecule has 1 amide bonds. The SMILES string of the molecule is CCC[C@H]1CC2C3CCC4N(C)C(=O)CC[C@]4(C)C3CC[C@]2(C)C1OC1CC1. The average Bonchev–Trinajstić information content (AvgIpc) is 3.44. The minimum Gasteiger partial charge on any atom is -0.374 e. The summed E-state index contributed by atoms with van der Waals surface area (Å²) >= 11 is 0. The number of hydrogen-bond donors (Lipinski definition) is 0. The van der Waals surface area contributed by atoms with Crippen LogP contribution in [-0.2, 0) is 9.53 Å². The van der Waals surface area contributed by atoms with Gasteiger partial charge in [-0.3, -0.25) is 4.79 Å². The number of likely N-dealkylation sites (tertiary alicyclic amines) is 1. The van der Waals surface area contributed by atoms with Crippen LogP contribution in [0, 0.1) is 34.5 Å². The Morgan fingerprint density at radius 3 is 2.54 bits per heavy atom. The van der Waals surface area contributed by atoms with E-state index in [1.54, 1.807) is 0 Å². The second kappa shape index (κ2) is 6.72. The van der Waals surface area contributed by atoms with E-state index in [-0.39, 0.29) is 0 Å². The number of amides is 1. The second-order valence-electron chi connectivity index (χ2n) is 11.6. The minimum absolute atomic E-state index is 0.336. The number of fused-ring (bicyclic) bond motifs is 5. The fraction of sp³-hybridized carbons (Fsp3) is 0.960. The molecule has 4 saturated carbocycles. The van der Waals surface area contributed by atoms with Crippen LogP contribution in [0.2, 0.25) is 0 Å². The summed E-state index contributed by atoms with van der Waals surface area (Å²) in [5.74, 6) is 3.66. The molecule has 3 heteroatoms. The summed E-state index contributed by atoms with van der Waals surface area (Å²) in [7, 11) is 2.07. The lowest BCUT2D eigenvalue weighted by atomic mass is 9.47. The van der Waals surface area contributed by atoms with Crippen LogP contribution in [0.15, 0.2) is 0 Å². The van der Waals surface area contributed by atoms with Crippen molar-refractivity contribution in [3.8, 4) is 0 Å². The van der Waals surface area contributed by atoms with Crippen LogP contribution in [0.3, 0.4) is 0 Å². The molecule has 158 valence electrons. The third-order valence-electron chi connectivity index (χ3n) is 10.2. The largest absolute Gasteiger partial charge is 0.374 e. The Kier molecular flexibility index (Phi) is 4.66. The Labute approximate surface area is 172 Å². The van der Waals surface area contributed by atoms with E-state index in [1.165, 1.54) is 57.8 Å². The minimum atomic E-state index is 0.336. The zero-order valence-electron chi connectivity index (χ0n) is 18.6. The van der Waals surface area contributed by atoms with E-state index in [1.807, 2.05) is 0 Å². The molecular weight excluding hydrogens is 346 g/mol. The van der Waals surface area contributed by atoms with E-state index in [0.717, 1.165) is 36.5 Å². The molecule has 0 aromatic rings. The van der Waals surface area contributed by atoms with E-state index in [0.29, 0.717) is 35.0 Å². The van der Waals surface area contributed by atoms with Crippen LogP contribution >= 0.6 is 0 Å². The van der Waals surface area contributed by atoms with E-state index in [2.05, 4.69) is 32.7 Å². The summed E-state index contributed by atoms with van der Waals surface area (Å²) < 4.78 is 6.75. The summed E-state index contributed by atoms with van der Waals surface area (Å²) in [6.45, 7) is 7.49. The molecule has 3 nitrogen and oxygen atoms in total. The number of rotatable bonds is 4. The highest BCUT2D eigenvalue weighted by Crippen LogP contribution is 2.66. The highest BCUT2D eigenvalue weighted by molar-refractivity contribution is 5.77. The normalized spacial score (nSPS) is 50.9. The third kappa shape index (κ3) is 2.74. The molecule has 28 heavy (non-hydrogen) atoms. The molecule has 5 unspecified atom stereocenters. The zero-order chi connectivity index (χ0) is 19.7. The molecule has 1 aliphatic heterocycles. The molecule has 0 radical (unpaired) electrons. The first-order valence-corrected chi connectivity index (χ1v) is 12.3. The Balaban J connectivity index is 1.42. The van der Waals surface area contributed by atoms with Crippen molar-refractivity contribution in [1.29, 1.82) is 0 Å². The van der Waals surface area contributed by atoms with Gasteiger partial charge in [0.1, 0.15) is 0 Å². The maximum atomic E-state index is 12.4.